The fraction of sp³-hybridized carbons (Fsp3) is 0.889. The molecule has 1 fully saturated rings. The number of rotatable bonds is 5. The third-order valence-corrected chi connectivity index (χ3v) is 3.80. The van der Waals surface area contributed by atoms with Crippen molar-refractivity contribution in [1.82, 2.24) is 10.0 Å². The fourth-order valence-corrected chi connectivity index (χ4v) is 3.06. The van der Waals surface area contributed by atoms with Gasteiger partial charge >= 0.3 is 5.97 Å². The van der Waals surface area contributed by atoms with Crippen LogP contribution in [0.4, 0.5) is 0 Å². The van der Waals surface area contributed by atoms with Crippen LogP contribution in [0.25, 0.3) is 0 Å². The van der Waals surface area contributed by atoms with E-state index in [-0.39, 0.29) is 6.61 Å². The van der Waals surface area contributed by atoms with E-state index in [0.717, 1.165) is 13.0 Å². The van der Waals surface area contributed by atoms with Crippen LogP contribution in [-0.4, -0.2) is 45.4 Å². The number of carbonyl (C=O) groups is 1. The summed E-state index contributed by atoms with van der Waals surface area (Å²) in [6.07, 6.45) is 0.717. The van der Waals surface area contributed by atoms with Gasteiger partial charge in [0, 0.05) is 12.1 Å². The van der Waals surface area contributed by atoms with Crippen LogP contribution in [0.2, 0.25) is 0 Å². The number of carbonyl (C=O) groups excluding carboxylic acids is 1. The van der Waals surface area contributed by atoms with Gasteiger partial charge in [-0.3, -0.25) is 4.79 Å². The van der Waals surface area contributed by atoms with Gasteiger partial charge in [0.05, 0.1) is 6.61 Å². The third kappa shape index (κ3) is 4.07. The molecule has 0 aromatic carbocycles. The lowest BCUT2D eigenvalue weighted by atomic mass is 10.0. The Morgan fingerprint density at radius 2 is 2.25 bits per heavy atom. The molecule has 6 nitrogen and oxygen atoms in total. The predicted octanol–water partition coefficient (Wildman–Crippen LogP) is -0.779. The fourth-order valence-electron chi connectivity index (χ4n) is 1.67. The number of esters is 1. The maximum atomic E-state index is 11.6. The van der Waals surface area contributed by atoms with Gasteiger partial charge in [-0.05, 0) is 26.8 Å². The van der Waals surface area contributed by atoms with E-state index >= 15 is 0 Å². The SMILES string of the molecule is CCOC(=O)CS(=O)(=O)NC1(C)CCNC1. The smallest absolute Gasteiger partial charge is 0.322 e. The molecule has 7 heteroatoms. The van der Waals surface area contributed by atoms with E-state index in [1.165, 1.54) is 0 Å². The Balaban J connectivity index is 2.54. The summed E-state index contributed by atoms with van der Waals surface area (Å²) in [5.74, 6) is -1.33. The molecule has 1 aliphatic rings. The minimum atomic E-state index is -3.61. The number of hydrogen-bond donors (Lipinski definition) is 2. The van der Waals surface area contributed by atoms with Crippen molar-refractivity contribution >= 4 is 16.0 Å². The van der Waals surface area contributed by atoms with Crippen LogP contribution in [0.15, 0.2) is 0 Å². The van der Waals surface area contributed by atoms with Crippen LogP contribution in [0.3, 0.4) is 0 Å². The van der Waals surface area contributed by atoms with Crippen LogP contribution in [0.5, 0.6) is 0 Å². The first-order valence-corrected chi connectivity index (χ1v) is 6.90. The van der Waals surface area contributed by atoms with Crippen molar-refractivity contribution in [3.05, 3.63) is 0 Å². The first-order chi connectivity index (χ1) is 7.37. The molecule has 0 spiro atoms. The lowest BCUT2D eigenvalue weighted by Crippen LogP contribution is -2.49. The van der Waals surface area contributed by atoms with Crippen molar-refractivity contribution in [2.45, 2.75) is 25.8 Å². The summed E-state index contributed by atoms with van der Waals surface area (Å²) in [6.45, 7) is 5.00. The highest BCUT2D eigenvalue weighted by Crippen LogP contribution is 2.14. The highest BCUT2D eigenvalue weighted by atomic mass is 32.2. The van der Waals surface area contributed by atoms with E-state index in [0.29, 0.717) is 6.54 Å². The molecule has 1 atom stereocenters. The van der Waals surface area contributed by atoms with Crippen LogP contribution in [-0.2, 0) is 19.6 Å². The number of nitrogens with one attached hydrogen (secondary N) is 2. The molecule has 0 bridgehead atoms. The standard InChI is InChI=1S/C9H18N2O4S/c1-3-15-8(12)6-16(13,14)11-9(2)4-5-10-7-9/h10-11H,3-7H2,1-2H3. The van der Waals surface area contributed by atoms with E-state index in [1.807, 2.05) is 6.92 Å². The largest absolute Gasteiger partial charge is 0.465 e. The molecule has 1 rings (SSSR count). The van der Waals surface area contributed by atoms with Crippen LogP contribution in [0.1, 0.15) is 20.3 Å². The van der Waals surface area contributed by atoms with Crippen molar-refractivity contribution in [3.8, 4) is 0 Å². The zero-order chi connectivity index (χ0) is 12.2. The second-order valence-electron chi connectivity index (χ2n) is 4.15. The molecule has 94 valence electrons. The Hall–Kier alpha value is -0.660. The Bertz CT molecular complexity index is 347. The second kappa shape index (κ2) is 5.11. The van der Waals surface area contributed by atoms with E-state index in [9.17, 15) is 13.2 Å². The molecule has 16 heavy (non-hydrogen) atoms. The molecule has 1 heterocycles. The van der Waals surface area contributed by atoms with E-state index in [1.54, 1.807) is 6.92 Å². The summed E-state index contributed by atoms with van der Waals surface area (Å²) < 4.78 is 30.4. The minimum absolute atomic E-state index is 0.188. The summed E-state index contributed by atoms with van der Waals surface area (Å²) in [5, 5.41) is 3.07. The molecule has 0 aromatic heterocycles. The first kappa shape index (κ1) is 13.4. The summed E-state index contributed by atoms with van der Waals surface area (Å²) in [7, 11) is -3.61. The summed E-state index contributed by atoms with van der Waals surface area (Å²) in [4.78, 5) is 11.1. The highest BCUT2D eigenvalue weighted by molar-refractivity contribution is 7.90. The molecule has 0 amide bonds. The predicted molar refractivity (Wildman–Crippen MR) is 59.4 cm³/mol. The number of hydrogen-bond acceptors (Lipinski definition) is 5. The molecular formula is C9H18N2O4S. The lowest BCUT2D eigenvalue weighted by molar-refractivity contribution is -0.139. The van der Waals surface area contributed by atoms with Crippen molar-refractivity contribution < 1.29 is 17.9 Å². The highest BCUT2D eigenvalue weighted by Gasteiger charge is 2.33. The van der Waals surface area contributed by atoms with Gasteiger partial charge in [-0.25, -0.2) is 13.1 Å². The Kier molecular flexibility index (Phi) is 4.28. The average molecular weight is 250 g/mol. The summed E-state index contributed by atoms with van der Waals surface area (Å²) in [6, 6.07) is 0. The van der Waals surface area contributed by atoms with Crippen molar-refractivity contribution in [1.29, 1.82) is 0 Å². The Labute approximate surface area is 95.8 Å². The monoisotopic (exact) mass is 250 g/mol. The molecule has 2 N–H and O–H groups in total. The van der Waals surface area contributed by atoms with Gasteiger partial charge in [0.25, 0.3) is 0 Å². The van der Waals surface area contributed by atoms with Gasteiger partial charge < -0.3 is 10.1 Å². The summed E-state index contributed by atoms with van der Waals surface area (Å²) >= 11 is 0. The minimum Gasteiger partial charge on any atom is -0.465 e. The van der Waals surface area contributed by atoms with Gasteiger partial charge in [-0.15, -0.1) is 0 Å². The van der Waals surface area contributed by atoms with E-state index in [2.05, 4.69) is 14.8 Å². The molecule has 0 aliphatic carbocycles. The van der Waals surface area contributed by atoms with Gasteiger partial charge in [0.15, 0.2) is 5.75 Å². The maximum absolute atomic E-state index is 11.6. The lowest BCUT2D eigenvalue weighted by Gasteiger charge is -2.23. The topological polar surface area (TPSA) is 84.5 Å². The molecule has 0 aromatic rings. The quantitative estimate of drug-likeness (QED) is 0.625. The molecule has 0 radical (unpaired) electrons. The molecule has 0 saturated carbocycles. The third-order valence-electron chi connectivity index (χ3n) is 2.38. The second-order valence-corrected chi connectivity index (χ2v) is 5.88. The zero-order valence-corrected chi connectivity index (χ0v) is 10.4. The van der Waals surface area contributed by atoms with Gasteiger partial charge in [0.2, 0.25) is 10.0 Å². The van der Waals surface area contributed by atoms with Gasteiger partial charge in [0.1, 0.15) is 0 Å². The molecular weight excluding hydrogens is 232 g/mol. The van der Waals surface area contributed by atoms with Gasteiger partial charge in [-0.2, -0.15) is 0 Å². The maximum Gasteiger partial charge on any atom is 0.322 e. The molecule has 1 aliphatic heterocycles. The van der Waals surface area contributed by atoms with Crippen molar-refractivity contribution in [2.24, 2.45) is 0 Å². The van der Waals surface area contributed by atoms with Crippen LogP contribution >= 0.6 is 0 Å². The molecule has 1 unspecified atom stereocenters. The Morgan fingerprint density at radius 3 is 2.75 bits per heavy atom. The molecule has 1 saturated heterocycles. The van der Waals surface area contributed by atoms with E-state index < -0.39 is 27.3 Å². The summed E-state index contributed by atoms with van der Waals surface area (Å²) in [5.41, 5.74) is -0.495. The zero-order valence-electron chi connectivity index (χ0n) is 9.58. The first-order valence-electron chi connectivity index (χ1n) is 5.25. The number of ether oxygens (including phenoxy) is 1. The normalized spacial score (nSPS) is 25.6. The average Bonchev–Trinajstić information content (AvgIpc) is 2.49. The van der Waals surface area contributed by atoms with E-state index in [4.69, 9.17) is 0 Å². The Morgan fingerprint density at radius 1 is 1.56 bits per heavy atom. The number of sulfonamides is 1. The van der Waals surface area contributed by atoms with Crippen molar-refractivity contribution in [2.75, 3.05) is 25.4 Å². The van der Waals surface area contributed by atoms with Crippen LogP contribution < -0.4 is 10.0 Å². The van der Waals surface area contributed by atoms with Crippen LogP contribution in [0, 0.1) is 0 Å². The van der Waals surface area contributed by atoms with Gasteiger partial charge in [-0.1, -0.05) is 0 Å². The van der Waals surface area contributed by atoms with Crippen molar-refractivity contribution in [3.63, 3.8) is 0 Å².